The van der Waals surface area contributed by atoms with Gasteiger partial charge in [-0.1, -0.05) is 6.08 Å². The number of hydrogen-bond donors (Lipinski definition) is 1. The molecule has 118 valence electrons. The number of carboxylic acid groups (broad SMARTS) is 1. The van der Waals surface area contributed by atoms with Crippen LogP contribution in [0.2, 0.25) is 0 Å². The maximum atomic E-state index is 13.8. The van der Waals surface area contributed by atoms with Crippen LogP contribution in [0.15, 0.2) is 24.3 Å². The second-order valence-electron chi connectivity index (χ2n) is 4.75. The van der Waals surface area contributed by atoms with Gasteiger partial charge in [-0.25, -0.2) is 9.59 Å². The summed E-state index contributed by atoms with van der Waals surface area (Å²) in [6.45, 7) is 0. The van der Waals surface area contributed by atoms with Gasteiger partial charge in [0, 0.05) is 11.6 Å². The number of carbonyl (C=O) groups excluding carboxylic acids is 1. The van der Waals surface area contributed by atoms with Gasteiger partial charge < -0.3 is 9.84 Å². The topological polar surface area (TPSA) is 79.7 Å². The summed E-state index contributed by atoms with van der Waals surface area (Å²) < 4.78 is 31.1. The minimum atomic E-state index is -1.26. The molecule has 1 saturated heterocycles. The summed E-state index contributed by atoms with van der Waals surface area (Å²) >= 11 is 0. The third-order valence-corrected chi connectivity index (χ3v) is 3.51. The normalized spacial score (nSPS) is 21.3. The molecule has 1 amide bonds. The third kappa shape index (κ3) is 3.21. The molecular weight excluding hydrogens is 298 g/mol. The lowest BCUT2D eigenvalue weighted by molar-refractivity contribution is -0.134. The van der Waals surface area contributed by atoms with Gasteiger partial charge in [0.05, 0.1) is 19.2 Å². The summed E-state index contributed by atoms with van der Waals surface area (Å²) in [5, 5.41) is 9.34. The van der Waals surface area contributed by atoms with Gasteiger partial charge in [0.2, 0.25) is 11.9 Å². The Morgan fingerprint density at radius 1 is 1.41 bits per heavy atom. The van der Waals surface area contributed by atoms with E-state index in [-0.39, 0.29) is 5.56 Å². The lowest BCUT2D eigenvalue weighted by Crippen LogP contribution is -2.35. The van der Waals surface area contributed by atoms with E-state index in [1.54, 1.807) is 0 Å². The van der Waals surface area contributed by atoms with E-state index in [1.807, 2.05) is 0 Å². The van der Waals surface area contributed by atoms with Crippen molar-refractivity contribution >= 4 is 12.1 Å². The van der Waals surface area contributed by atoms with Crippen LogP contribution in [0.5, 0.6) is 0 Å². The zero-order chi connectivity index (χ0) is 16.3. The number of rotatable bonds is 3. The molecule has 8 heteroatoms. The predicted molar refractivity (Wildman–Crippen MR) is 70.9 cm³/mol. The molecule has 1 aliphatic rings. The van der Waals surface area contributed by atoms with Gasteiger partial charge in [0.25, 0.3) is 0 Å². The van der Waals surface area contributed by atoms with Crippen LogP contribution in [0.3, 0.4) is 0 Å². The molecule has 2 heterocycles. The molecule has 22 heavy (non-hydrogen) atoms. The number of halogens is 2. The molecule has 1 aromatic heterocycles. The first-order valence-electron chi connectivity index (χ1n) is 6.53. The number of pyridine rings is 1. The molecule has 0 spiro atoms. The fourth-order valence-corrected chi connectivity index (χ4v) is 2.54. The first-order valence-corrected chi connectivity index (χ1v) is 6.53. The summed E-state index contributed by atoms with van der Waals surface area (Å²) in [7, 11) is 1.21. The molecule has 0 aliphatic carbocycles. The van der Waals surface area contributed by atoms with Crippen molar-refractivity contribution in [3.8, 4) is 0 Å². The highest BCUT2D eigenvalue weighted by atomic mass is 19.1. The van der Waals surface area contributed by atoms with Gasteiger partial charge in [0.15, 0.2) is 0 Å². The largest absolute Gasteiger partial charge is 0.466 e. The lowest BCUT2D eigenvalue weighted by Gasteiger charge is -2.26. The van der Waals surface area contributed by atoms with Crippen molar-refractivity contribution in [2.24, 2.45) is 0 Å². The van der Waals surface area contributed by atoms with E-state index in [2.05, 4.69) is 9.72 Å². The first kappa shape index (κ1) is 15.9. The van der Waals surface area contributed by atoms with Crippen molar-refractivity contribution in [1.29, 1.82) is 0 Å². The summed E-state index contributed by atoms with van der Waals surface area (Å²) in [6.07, 6.45) is 2.01. The monoisotopic (exact) mass is 312 g/mol. The second-order valence-corrected chi connectivity index (χ2v) is 4.75. The number of aromatic nitrogens is 1. The molecule has 1 aromatic rings. The maximum absolute atomic E-state index is 13.8. The molecule has 0 radical (unpaired) electrons. The van der Waals surface area contributed by atoms with Crippen LogP contribution < -0.4 is 0 Å². The van der Waals surface area contributed by atoms with E-state index >= 15 is 0 Å². The zero-order valence-electron chi connectivity index (χ0n) is 11.7. The van der Waals surface area contributed by atoms with Crippen LogP contribution in [-0.2, 0) is 9.53 Å². The summed E-state index contributed by atoms with van der Waals surface area (Å²) in [5.74, 6) is -2.61. The predicted octanol–water partition coefficient (Wildman–Crippen LogP) is 2.27. The number of amides is 1. The number of carbonyl (C=O) groups is 2. The average Bonchev–Trinajstić information content (AvgIpc) is 2.88. The van der Waals surface area contributed by atoms with E-state index < -0.39 is 36.0 Å². The summed E-state index contributed by atoms with van der Waals surface area (Å²) in [6, 6.07) is 0.796. The Morgan fingerprint density at radius 2 is 2.14 bits per heavy atom. The lowest BCUT2D eigenvalue weighted by atomic mass is 10.1. The fraction of sp³-hybridized carbons (Fsp3) is 0.357. The summed E-state index contributed by atoms with van der Waals surface area (Å²) in [5.41, 5.74) is 0.0118. The SMILES string of the molecule is COC(=O)C=C[C@H]1CC[C@@H](c2ccc(F)nc2F)N1C(=O)O. The fourth-order valence-electron chi connectivity index (χ4n) is 2.54. The zero-order valence-corrected chi connectivity index (χ0v) is 11.7. The maximum Gasteiger partial charge on any atom is 0.408 e. The van der Waals surface area contributed by atoms with Crippen LogP contribution in [0.4, 0.5) is 13.6 Å². The van der Waals surface area contributed by atoms with Crippen molar-refractivity contribution in [3.63, 3.8) is 0 Å². The molecule has 0 saturated carbocycles. The van der Waals surface area contributed by atoms with Crippen LogP contribution in [0.1, 0.15) is 24.4 Å². The second kappa shape index (κ2) is 6.50. The Bertz CT molecular complexity index is 621. The van der Waals surface area contributed by atoms with E-state index in [0.717, 1.165) is 17.0 Å². The van der Waals surface area contributed by atoms with E-state index in [4.69, 9.17) is 0 Å². The standard InChI is InChI=1S/C14H14F2N2O4/c1-22-12(19)7-3-8-2-5-10(18(8)14(20)21)9-4-6-11(15)17-13(9)16/h3-4,6-8,10H,2,5H2,1H3,(H,20,21)/t8-,10+/m1/s1. The Kier molecular flexibility index (Phi) is 4.69. The number of esters is 1. The van der Waals surface area contributed by atoms with E-state index in [9.17, 15) is 23.5 Å². The van der Waals surface area contributed by atoms with Crippen molar-refractivity contribution in [1.82, 2.24) is 9.88 Å². The number of likely N-dealkylation sites (tertiary alicyclic amines) is 1. The van der Waals surface area contributed by atoms with Crippen molar-refractivity contribution in [2.45, 2.75) is 24.9 Å². The van der Waals surface area contributed by atoms with Gasteiger partial charge >= 0.3 is 12.1 Å². The number of methoxy groups -OCH3 is 1. The molecule has 1 fully saturated rings. The highest BCUT2D eigenvalue weighted by molar-refractivity contribution is 5.82. The first-order chi connectivity index (χ1) is 10.4. The molecule has 0 aromatic carbocycles. The molecular formula is C14H14F2N2O4. The Balaban J connectivity index is 2.28. The van der Waals surface area contributed by atoms with Crippen LogP contribution in [0, 0.1) is 11.9 Å². The Labute approximate surface area is 125 Å². The highest BCUT2D eigenvalue weighted by Crippen LogP contribution is 2.37. The molecule has 6 nitrogen and oxygen atoms in total. The number of hydrogen-bond acceptors (Lipinski definition) is 4. The van der Waals surface area contributed by atoms with E-state index in [1.165, 1.54) is 19.3 Å². The quantitative estimate of drug-likeness (QED) is 0.526. The molecule has 1 N–H and O–H groups in total. The highest BCUT2D eigenvalue weighted by Gasteiger charge is 2.38. The van der Waals surface area contributed by atoms with Crippen molar-refractivity contribution in [3.05, 3.63) is 41.7 Å². The van der Waals surface area contributed by atoms with Gasteiger partial charge in [-0.05, 0) is 25.0 Å². The van der Waals surface area contributed by atoms with Crippen LogP contribution in [-0.4, -0.2) is 40.2 Å². The minimum Gasteiger partial charge on any atom is -0.466 e. The molecule has 2 rings (SSSR count). The summed E-state index contributed by atoms with van der Waals surface area (Å²) in [4.78, 5) is 26.7. The van der Waals surface area contributed by atoms with Crippen LogP contribution >= 0.6 is 0 Å². The molecule has 1 aliphatic heterocycles. The molecule has 0 unspecified atom stereocenters. The number of ether oxygens (including phenoxy) is 1. The molecule has 0 bridgehead atoms. The van der Waals surface area contributed by atoms with Gasteiger partial charge in [0.1, 0.15) is 0 Å². The van der Waals surface area contributed by atoms with Gasteiger partial charge in [-0.15, -0.1) is 0 Å². The van der Waals surface area contributed by atoms with Crippen molar-refractivity contribution < 1.29 is 28.2 Å². The molecule has 2 atom stereocenters. The Hall–Kier alpha value is -2.51. The third-order valence-electron chi connectivity index (χ3n) is 3.51. The minimum absolute atomic E-state index is 0.0118. The Morgan fingerprint density at radius 3 is 2.73 bits per heavy atom. The van der Waals surface area contributed by atoms with Crippen molar-refractivity contribution in [2.75, 3.05) is 7.11 Å². The average molecular weight is 312 g/mol. The van der Waals surface area contributed by atoms with Crippen LogP contribution in [0.25, 0.3) is 0 Å². The van der Waals surface area contributed by atoms with Gasteiger partial charge in [-0.2, -0.15) is 13.8 Å². The smallest absolute Gasteiger partial charge is 0.408 e. The van der Waals surface area contributed by atoms with Gasteiger partial charge in [-0.3, -0.25) is 4.90 Å². The van der Waals surface area contributed by atoms with E-state index in [0.29, 0.717) is 12.8 Å². The number of nitrogens with zero attached hydrogens (tertiary/aromatic N) is 2.